The number of rotatable bonds is 1. The Hall–Kier alpha value is -2.29. The smallest absolute Gasteiger partial charge is 0.225 e. The van der Waals surface area contributed by atoms with Gasteiger partial charge in [0.1, 0.15) is 5.75 Å². The molecular weight excluding hydrogens is 250 g/mol. The zero-order valence-corrected chi connectivity index (χ0v) is 11.6. The summed E-state index contributed by atoms with van der Waals surface area (Å²) in [6.07, 6.45) is 0.445. The molecule has 1 amide bonds. The van der Waals surface area contributed by atoms with Gasteiger partial charge in [0.05, 0.1) is 0 Å². The van der Waals surface area contributed by atoms with Gasteiger partial charge in [-0.15, -0.1) is 0 Å². The topological polar surface area (TPSA) is 49.3 Å². The van der Waals surface area contributed by atoms with Gasteiger partial charge >= 0.3 is 0 Å². The molecule has 0 radical (unpaired) electrons. The van der Waals surface area contributed by atoms with Crippen LogP contribution in [-0.4, -0.2) is 11.0 Å². The number of carbonyl (C=O) groups excluding carboxylic acids is 1. The Morgan fingerprint density at radius 1 is 1.10 bits per heavy atom. The fourth-order valence-corrected chi connectivity index (χ4v) is 2.78. The number of hydrogen-bond acceptors (Lipinski definition) is 2. The summed E-state index contributed by atoms with van der Waals surface area (Å²) in [5.74, 6) is 0.345. The number of aromatic hydroxyl groups is 1. The fourth-order valence-electron chi connectivity index (χ4n) is 2.78. The molecule has 0 saturated heterocycles. The maximum absolute atomic E-state index is 12.0. The Balaban J connectivity index is 2.13. The molecule has 0 spiro atoms. The van der Waals surface area contributed by atoms with Crippen molar-refractivity contribution in [3.63, 3.8) is 0 Å². The third-order valence-electron chi connectivity index (χ3n) is 4.09. The van der Waals surface area contributed by atoms with Gasteiger partial charge in [0.15, 0.2) is 0 Å². The summed E-state index contributed by atoms with van der Waals surface area (Å²) in [6, 6.07) is 11.3. The van der Waals surface area contributed by atoms with E-state index in [1.54, 1.807) is 12.1 Å². The molecule has 0 unspecified atom stereocenters. The number of fused-ring (bicyclic) bond motifs is 1. The molecule has 2 aromatic rings. The molecule has 0 fully saturated rings. The predicted molar refractivity (Wildman–Crippen MR) is 79.1 cm³/mol. The van der Waals surface area contributed by atoms with Crippen LogP contribution >= 0.6 is 0 Å². The lowest BCUT2D eigenvalue weighted by atomic mass is 9.83. The minimum atomic E-state index is 0.0456. The zero-order valence-electron chi connectivity index (χ0n) is 11.6. The van der Waals surface area contributed by atoms with Crippen LogP contribution in [0.2, 0.25) is 0 Å². The number of benzene rings is 2. The molecule has 0 saturated carbocycles. The summed E-state index contributed by atoms with van der Waals surface area (Å²) in [5.41, 5.74) is 5.45. The van der Waals surface area contributed by atoms with E-state index < -0.39 is 0 Å². The van der Waals surface area contributed by atoms with Crippen molar-refractivity contribution in [3.8, 4) is 5.75 Å². The summed E-state index contributed by atoms with van der Waals surface area (Å²) < 4.78 is 0. The molecule has 2 N–H and O–H groups in total. The highest BCUT2D eigenvalue weighted by Gasteiger charge is 2.27. The third-order valence-corrected chi connectivity index (χ3v) is 4.09. The van der Waals surface area contributed by atoms with Crippen LogP contribution < -0.4 is 5.32 Å². The minimum Gasteiger partial charge on any atom is -0.508 e. The molecule has 1 heterocycles. The highest BCUT2D eigenvalue weighted by Crippen LogP contribution is 2.39. The highest BCUT2D eigenvalue weighted by molar-refractivity contribution is 5.96. The number of amides is 1. The van der Waals surface area contributed by atoms with Crippen LogP contribution in [-0.2, 0) is 4.79 Å². The summed E-state index contributed by atoms with van der Waals surface area (Å²) in [7, 11) is 0. The molecule has 1 aliphatic heterocycles. The first-order valence-corrected chi connectivity index (χ1v) is 6.75. The first-order valence-electron chi connectivity index (χ1n) is 6.75. The van der Waals surface area contributed by atoms with Gasteiger partial charge < -0.3 is 10.4 Å². The van der Waals surface area contributed by atoms with Gasteiger partial charge in [0, 0.05) is 18.0 Å². The van der Waals surface area contributed by atoms with Gasteiger partial charge in [-0.2, -0.15) is 0 Å². The van der Waals surface area contributed by atoms with Gasteiger partial charge in [-0.3, -0.25) is 4.79 Å². The maximum Gasteiger partial charge on any atom is 0.225 e. The summed E-state index contributed by atoms with van der Waals surface area (Å²) in [6.45, 7) is 4.08. The fraction of sp³-hybridized carbons (Fsp3) is 0.235. The largest absolute Gasteiger partial charge is 0.508 e. The van der Waals surface area contributed by atoms with Crippen LogP contribution in [0, 0.1) is 13.8 Å². The van der Waals surface area contributed by atoms with Crippen molar-refractivity contribution in [2.75, 3.05) is 5.32 Å². The molecule has 3 rings (SSSR count). The summed E-state index contributed by atoms with van der Waals surface area (Å²) in [4.78, 5) is 12.0. The van der Waals surface area contributed by atoms with Crippen molar-refractivity contribution in [1.29, 1.82) is 0 Å². The van der Waals surface area contributed by atoms with Crippen molar-refractivity contribution in [3.05, 3.63) is 58.7 Å². The molecule has 3 nitrogen and oxygen atoms in total. The number of anilines is 1. The lowest BCUT2D eigenvalue weighted by Gasteiger charge is -2.28. The third kappa shape index (κ3) is 2.05. The molecule has 0 aliphatic carbocycles. The van der Waals surface area contributed by atoms with Crippen LogP contribution in [0.3, 0.4) is 0 Å². The Kier molecular flexibility index (Phi) is 2.97. The standard InChI is InChI=1S/C17H17NO2/c1-10-3-8-14-15(12-4-6-13(19)7-5-12)9-16(20)18-17(14)11(10)2/h3-8,15,19H,9H2,1-2H3,(H,18,20)/t15-/m0/s1. The first-order chi connectivity index (χ1) is 9.56. The lowest BCUT2D eigenvalue weighted by Crippen LogP contribution is -2.24. The molecule has 20 heavy (non-hydrogen) atoms. The Morgan fingerprint density at radius 2 is 1.80 bits per heavy atom. The number of phenols is 1. The Morgan fingerprint density at radius 3 is 2.50 bits per heavy atom. The van der Waals surface area contributed by atoms with Crippen molar-refractivity contribution in [2.24, 2.45) is 0 Å². The maximum atomic E-state index is 12.0. The second-order valence-corrected chi connectivity index (χ2v) is 5.37. The monoisotopic (exact) mass is 267 g/mol. The number of phenolic OH excluding ortho intramolecular Hbond substituents is 1. The quantitative estimate of drug-likeness (QED) is 0.831. The van der Waals surface area contributed by atoms with Crippen molar-refractivity contribution >= 4 is 11.6 Å². The van der Waals surface area contributed by atoms with Gasteiger partial charge in [0.2, 0.25) is 5.91 Å². The van der Waals surface area contributed by atoms with Gasteiger partial charge in [-0.25, -0.2) is 0 Å². The zero-order chi connectivity index (χ0) is 14.3. The normalized spacial score (nSPS) is 17.5. The van der Waals surface area contributed by atoms with E-state index in [0.29, 0.717) is 6.42 Å². The minimum absolute atomic E-state index is 0.0456. The van der Waals surface area contributed by atoms with Crippen LogP contribution in [0.15, 0.2) is 36.4 Å². The van der Waals surface area contributed by atoms with Crippen LogP contribution in [0.4, 0.5) is 5.69 Å². The molecule has 3 heteroatoms. The van der Waals surface area contributed by atoms with Crippen LogP contribution in [0.1, 0.15) is 34.6 Å². The van der Waals surface area contributed by atoms with Crippen molar-refractivity contribution < 1.29 is 9.90 Å². The van der Waals surface area contributed by atoms with E-state index in [1.807, 2.05) is 26.0 Å². The van der Waals surface area contributed by atoms with E-state index in [2.05, 4.69) is 17.4 Å². The highest BCUT2D eigenvalue weighted by atomic mass is 16.3. The van der Waals surface area contributed by atoms with Crippen molar-refractivity contribution in [2.45, 2.75) is 26.2 Å². The second-order valence-electron chi connectivity index (χ2n) is 5.37. The molecule has 0 bridgehead atoms. The van der Waals surface area contributed by atoms with Gasteiger partial charge in [-0.05, 0) is 48.2 Å². The van der Waals surface area contributed by atoms with Crippen molar-refractivity contribution in [1.82, 2.24) is 0 Å². The van der Waals surface area contributed by atoms with Crippen LogP contribution in [0.25, 0.3) is 0 Å². The van der Waals surface area contributed by atoms with Gasteiger partial charge in [0.25, 0.3) is 0 Å². The number of hydrogen-bond donors (Lipinski definition) is 2. The second kappa shape index (κ2) is 4.67. The molecule has 1 atom stereocenters. The average molecular weight is 267 g/mol. The summed E-state index contributed by atoms with van der Waals surface area (Å²) in [5, 5.41) is 12.4. The molecule has 0 aromatic heterocycles. The SMILES string of the molecule is Cc1ccc2c(c1C)NC(=O)C[C@H]2c1ccc(O)cc1. The molecule has 1 aliphatic rings. The van der Waals surface area contributed by atoms with E-state index in [9.17, 15) is 9.90 Å². The van der Waals surface area contributed by atoms with E-state index in [-0.39, 0.29) is 17.6 Å². The molecule has 102 valence electrons. The predicted octanol–water partition coefficient (Wildman–Crippen LogP) is 3.48. The average Bonchev–Trinajstić information content (AvgIpc) is 2.43. The number of nitrogens with one attached hydrogen (secondary N) is 1. The Labute approximate surface area is 118 Å². The first kappa shape index (κ1) is 12.7. The Bertz CT molecular complexity index is 674. The number of aryl methyl sites for hydroxylation is 1. The summed E-state index contributed by atoms with van der Waals surface area (Å²) >= 11 is 0. The van der Waals surface area contributed by atoms with E-state index in [0.717, 1.165) is 22.4 Å². The van der Waals surface area contributed by atoms with Gasteiger partial charge in [-0.1, -0.05) is 24.3 Å². The van der Waals surface area contributed by atoms with E-state index in [4.69, 9.17) is 0 Å². The van der Waals surface area contributed by atoms with E-state index >= 15 is 0 Å². The lowest BCUT2D eigenvalue weighted by molar-refractivity contribution is -0.116. The molecular formula is C17H17NO2. The molecule has 2 aromatic carbocycles. The van der Waals surface area contributed by atoms with Crippen LogP contribution in [0.5, 0.6) is 5.75 Å². The number of carbonyl (C=O) groups is 1. The van der Waals surface area contributed by atoms with E-state index in [1.165, 1.54) is 5.56 Å².